The zero-order valence-electron chi connectivity index (χ0n) is 21.1. The summed E-state index contributed by atoms with van der Waals surface area (Å²) in [5, 5.41) is 7.78. The third-order valence-corrected chi connectivity index (χ3v) is 8.39. The molecular weight excluding hydrogens is 533 g/mol. The Bertz CT molecular complexity index is 1650. The molecule has 1 atom stereocenters. The number of nitrogens with one attached hydrogen (secondary N) is 1. The average Bonchev–Trinajstić information content (AvgIpc) is 3.42. The Morgan fingerprint density at radius 3 is 2.41 bits per heavy atom. The van der Waals surface area contributed by atoms with Crippen molar-refractivity contribution in [1.82, 2.24) is 14.8 Å². The second-order valence-electron chi connectivity index (χ2n) is 9.42. The minimum Gasteiger partial charge on any atom is -0.406 e. The molecule has 1 amide bonds. The number of alkyl halides is 3. The van der Waals surface area contributed by atoms with Crippen LogP contribution in [0.4, 0.5) is 18.9 Å². The van der Waals surface area contributed by atoms with Crippen LogP contribution in [0.5, 0.6) is 5.75 Å². The summed E-state index contributed by atoms with van der Waals surface area (Å²) in [6.45, 7) is 3.76. The van der Waals surface area contributed by atoms with Gasteiger partial charge in [-0.3, -0.25) is 4.79 Å². The van der Waals surface area contributed by atoms with Gasteiger partial charge in [0.25, 0.3) is 5.91 Å². The summed E-state index contributed by atoms with van der Waals surface area (Å²) < 4.78 is 67.4. The van der Waals surface area contributed by atoms with E-state index in [0.29, 0.717) is 28.8 Å². The molecule has 2 aromatic heterocycles. The van der Waals surface area contributed by atoms with Crippen LogP contribution in [0.25, 0.3) is 22.3 Å². The number of pyridine rings is 1. The molecule has 1 aliphatic heterocycles. The lowest BCUT2D eigenvalue weighted by atomic mass is 10.0. The van der Waals surface area contributed by atoms with Crippen molar-refractivity contribution in [3.8, 4) is 17.0 Å². The summed E-state index contributed by atoms with van der Waals surface area (Å²) >= 11 is 0. The highest BCUT2D eigenvalue weighted by atomic mass is 32.2. The van der Waals surface area contributed by atoms with E-state index in [1.54, 1.807) is 17.7 Å². The Labute approximate surface area is 222 Å². The Kier molecular flexibility index (Phi) is 6.83. The van der Waals surface area contributed by atoms with Gasteiger partial charge in [-0.1, -0.05) is 31.2 Å². The number of aryl methyl sites for hydroxylation is 2. The zero-order valence-corrected chi connectivity index (χ0v) is 21.9. The van der Waals surface area contributed by atoms with Gasteiger partial charge >= 0.3 is 6.36 Å². The van der Waals surface area contributed by atoms with Crippen molar-refractivity contribution < 1.29 is 31.1 Å². The Morgan fingerprint density at radius 2 is 1.82 bits per heavy atom. The van der Waals surface area contributed by atoms with E-state index in [1.807, 2.05) is 31.2 Å². The van der Waals surface area contributed by atoms with Crippen molar-refractivity contribution in [3.05, 3.63) is 71.4 Å². The van der Waals surface area contributed by atoms with E-state index in [4.69, 9.17) is 4.98 Å². The fourth-order valence-electron chi connectivity index (χ4n) is 4.71. The smallest absolute Gasteiger partial charge is 0.406 e. The topological polar surface area (TPSA) is 103 Å². The monoisotopic (exact) mass is 558 g/mol. The second-order valence-corrected chi connectivity index (χ2v) is 11.6. The predicted octanol–water partition coefficient (Wildman–Crippen LogP) is 5.48. The largest absolute Gasteiger partial charge is 0.573 e. The number of anilines is 1. The van der Waals surface area contributed by atoms with Gasteiger partial charge < -0.3 is 10.1 Å². The van der Waals surface area contributed by atoms with Crippen LogP contribution in [0.15, 0.2) is 54.6 Å². The molecule has 0 bridgehead atoms. The van der Waals surface area contributed by atoms with Crippen molar-refractivity contribution in [1.29, 1.82) is 0 Å². The van der Waals surface area contributed by atoms with Gasteiger partial charge in [0.05, 0.1) is 39.9 Å². The van der Waals surface area contributed by atoms with Crippen LogP contribution in [-0.2, 0) is 16.3 Å². The summed E-state index contributed by atoms with van der Waals surface area (Å²) in [5.41, 5.74) is 3.83. The molecule has 1 aliphatic rings. The number of aromatic nitrogens is 3. The number of carbonyl (C=O) groups excluding carboxylic acids is 1. The van der Waals surface area contributed by atoms with Crippen molar-refractivity contribution in [2.24, 2.45) is 0 Å². The molecule has 39 heavy (non-hydrogen) atoms. The minimum absolute atomic E-state index is 0.0532. The minimum atomic E-state index is -4.82. The number of hydrogen-bond acceptors (Lipinski definition) is 6. The van der Waals surface area contributed by atoms with Gasteiger partial charge in [-0.05, 0) is 55.7 Å². The quantitative estimate of drug-likeness (QED) is 0.336. The summed E-state index contributed by atoms with van der Waals surface area (Å²) in [4.78, 5) is 18.3. The van der Waals surface area contributed by atoms with Crippen LogP contribution in [0, 0.1) is 6.92 Å². The summed E-state index contributed by atoms with van der Waals surface area (Å²) in [7, 11) is -3.20. The Morgan fingerprint density at radius 1 is 1.13 bits per heavy atom. The van der Waals surface area contributed by atoms with Crippen molar-refractivity contribution in [2.75, 3.05) is 16.8 Å². The van der Waals surface area contributed by atoms with E-state index in [1.165, 1.54) is 12.1 Å². The molecular formula is C27H25F3N4O4S. The lowest BCUT2D eigenvalue weighted by Crippen LogP contribution is -2.17. The lowest BCUT2D eigenvalue weighted by Gasteiger charge is -2.13. The highest BCUT2D eigenvalue weighted by Gasteiger charge is 2.33. The number of rotatable bonds is 6. The van der Waals surface area contributed by atoms with Gasteiger partial charge in [0.15, 0.2) is 15.5 Å². The van der Waals surface area contributed by atoms with Gasteiger partial charge in [0.2, 0.25) is 0 Å². The first-order chi connectivity index (χ1) is 18.4. The standard InChI is InChI=1S/C27H25F3N4O4S/c1-3-17-4-6-18(7-5-17)23-14-22(26(35)31-19-8-10-21(11-9-19)38-27(28,29)30)24-16(2)33-34(25(24)32-23)20-12-13-39(36,37)15-20/h4-11,14,20H,3,12-13,15H2,1-2H3,(H,31,35). The molecule has 4 aromatic rings. The third-order valence-electron chi connectivity index (χ3n) is 6.64. The van der Waals surface area contributed by atoms with E-state index in [-0.39, 0.29) is 22.8 Å². The predicted molar refractivity (Wildman–Crippen MR) is 140 cm³/mol. The van der Waals surface area contributed by atoms with Gasteiger partial charge in [0.1, 0.15) is 5.75 Å². The van der Waals surface area contributed by atoms with Crippen molar-refractivity contribution >= 4 is 32.5 Å². The first-order valence-corrected chi connectivity index (χ1v) is 14.1. The highest BCUT2D eigenvalue weighted by Crippen LogP contribution is 2.33. The fourth-order valence-corrected chi connectivity index (χ4v) is 6.40. The number of ether oxygens (including phenoxy) is 1. The molecule has 1 N–H and O–H groups in total. The van der Waals surface area contributed by atoms with Crippen LogP contribution < -0.4 is 10.1 Å². The normalized spacial score (nSPS) is 16.9. The second kappa shape index (κ2) is 9.99. The van der Waals surface area contributed by atoms with Gasteiger partial charge in [-0.15, -0.1) is 13.2 Å². The Balaban J connectivity index is 1.57. The van der Waals surface area contributed by atoms with E-state index in [0.717, 1.165) is 29.7 Å². The molecule has 204 valence electrons. The first-order valence-electron chi connectivity index (χ1n) is 12.3. The van der Waals surface area contributed by atoms with Crippen LogP contribution in [0.2, 0.25) is 0 Å². The SMILES string of the molecule is CCc1ccc(-c2cc(C(=O)Nc3ccc(OC(F)(F)F)cc3)c3c(C)nn(C4CCS(=O)(=O)C4)c3n2)cc1. The van der Waals surface area contributed by atoms with Crippen LogP contribution in [-0.4, -0.2) is 47.0 Å². The maximum atomic E-state index is 13.5. The number of fused-ring (bicyclic) bond motifs is 1. The molecule has 0 aliphatic carbocycles. The molecule has 3 heterocycles. The zero-order chi connectivity index (χ0) is 27.9. The molecule has 0 spiro atoms. The van der Waals surface area contributed by atoms with Crippen molar-refractivity contribution in [2.45, 2.75) is 39.1 Å². The molecule has 0 radical (unpaired) electrons. The number of amides is 1. The lowest BCUT2D eigenvalue weighted by molar-refractivity contribution is -0.274. The molecule has 1 unspecified atom stereocenters. The molecule has 1 saturated heterocycles. The molecule has 8 nitrogen and oxygen atoms in total. The molecule has 5 rings (SSSR count). The molecule has 0 saturated carbocycles. The highest BCUT2D eigenvalue weighted by molar-refractivity contribution is 7.91. The number of benzene rings is 2. The molecule has 2 aromatic carbocycles. The first kappa shape index (κ1) is 26.7. The van der Waals surface area contributed by atoms with E-state index < -0.39 is 33.9 Å². The third kappa shape index (κ3) is 5.75. The van der Waals surface area contributed by atoms with Crippen molar-refractivity contribution in [3.63, 3.8) is 0 Å². The number of halogens is 3. The Hall–Kier alpha value is -3.93. The maximum absolute atomic E-state index is 13.5. The summed E-state index contributed by atoms with van der Waals surface area (Å²) in [6.07, 6.45) is -3.58. The van der Waals surface area contributed by atoms with E-state index in [2.05, 4.69) is 15.2 Å². The number of hydrogen-bond donors (Lipinski definition) is 1. The average molecular weight is 559 g/mol. The molecule has 1 fully saturated rings. The van der Waals surface area contributed by atoms with E-state index in [9.17, 15) is 26.4 Å². The van der Waals surface area contributed by atoms with Gasteiger partial charge in [-0.25, -0.2) is 18.1 Å². The van der Waals surface area contributed by atoms with Gasteiger partial charge in [-0.2, -0.15) is 5.10 Å². The van der Waals surface area contributed by atoms with Crippen LogP contribution in [0.1, 0.15) is 41.0 Å². The van der Waals surface area contributed by atoms with Gasteiger partial charge in [0, 0.05) is 11.3 Å². The van der Waals surface area contributed by atoms with Crippen LogP contribution >= 0.6 is 0 Å². The maximum Gasteiger partial charge on any atom is 0.573 e. The van der Waals surface area contributed by atoms with Crippen LogP contribution in [0.3, 0.4) is 0 Å². The number of carbonyl (C=O) groups is 1. The van der Waals surface area contributed by atoms with E-state index >= 15 is 0 Å². The number of sulfone groups is 1. The number of nitrogens with zero attached hydrogens (tertiary/aromatic N) is 3. The fraction of sp³-hybridized carbons (Fsp3) is 0.296. The summed E-state index contributed by atoms with van der Waals surface area (Å²) in [6, 6.07) is 13.8. The molecule has 12 heteroatoms. The summed E-state index contributed by atoms with van der Waals surface area (Å²) in [5.74, 6) is -0.931.